The van der Waals surface area contributed by atoms with E-state index in [1.165, 1.54) is 6.92 Å². The minimum atomic E-state index is -0.643. The molecule has 2 atom stereocenters. The van der Waals surface area contributed by atoms with Crippen molar-refractivity contribution in [2.45, 2.75) is 32.4 Å². The van der Waals surface area contributed by atoms with E-state index in [1.54, 1.807) is 24.4 Å². The molecular weight excluding hydrogens is 294 g/mol. The summed E-state index contributed by atoms with van der Waals surface area (Å²) in [5, 5.41) is 24.0. The summed E-state index contributed by atoms with van der Waals surface area (Å²) >= 11 is 0. The predicted octanol–water partition coefficient (Wildman–Crippen LogP) is 1.42. The van der Waals surface area contributed by atoms with Crippen LogP contribution in [0.15, 0.2) is 30.5 Å². The normalized spacial score (nSPS) is 13.3. The second kappa shape index (κ2) is 10.4. The molecule has 1 amide bonds. The number of amides is 1. The molecule has 0 aromatic heterocycles. The monoisotopic (exact) mass is 317 g/mol. The first-order chi connectivity index (χ1) is 11.0. The molecule has 1 aromatic carbocycles. The average Bonchev–Trinajstić information content (AvgIpc) is 2.52. The lowest BCUT2D eigenvalue weighted by Gasteiger charge is -2.15. The lowest BCUT2D eigenvalue weighted by atomic mass is 10.2. The van der Waals surface area contributed by atoms with E-state index in [9.17, 15) is 9.90 Å². The molecule has 0 aliphatic carbocycles. The molecule has 0 saturated carbocycles. The fourth-order valence-corrected chi connectivity index (χ4v) is 1.73. The van der Waals surface area contributed by atoms with Crippen LogP contribution in [0.3, 0.4) is 0 Å². The molecule has 0 heterocycles. The first kappa shape index (κ1) is 18.7. The number of aliphatic hydroxyl groups excluding tert-OH is 1. The van der Waals surface area contributed by atoms with Crippen LogP contribution < -0.4 is 15.4 Å². The van der Waals surface area contributed by atoms with Gasteiger partial charge in [-0.05, 0) is 30.7 Å². The van der Waals surface area contributed by atoms with E-state index < -0.39 is 6.10 Å². The molecule has 0 bridgehead atoms. The summed E-state index contributed by atoms with van der Waals surface area (Å²) in [5.41, 5.74) is 0.929. The third-order valence-corrected chi connectivity index (χ3v) is 2.98. The topological polar surface area (TPSA) is 94.4 Å². The molecule has 124 valence electrons. The summed E-state index contributed by atoms with van der Waals surface area (Å²) in [6, 6.07) is 9.42. The van der Waals surface area contributed by atoms with Crippen molar-refractivity contribution in [1.29, 1.82) is 5.26 Å². The number of carbonyl (C=O) groups is 1. The first-order valence-corrected chi connectivity index (χ1v) is 7.46. The Morgan fingerprint density at radius 1 is 1.43 bits per heavy atom. The van der Waals surface area contributed by atoms with Gasteiger partial charge in [0.25, 0.3) is 0 Å². The molecule has 1 rings (SSSR count). The average molecular weight is 317 g/mol. The number of benzene rings is 1. The van der Waals surface area contributed by atoms with Crippen molar-refractivity contribution in [1.82, 2.24) is 10.6 Å². The van der Waals surface area contributed by atoms with E-state index in [0.717, 1.165) is 5.56 Å². The molecule has 6 nitrogen and oxygen atoms in total. The van der Waals surface area contributed by atoms with Gasteiger partial charge in [-0.2, -0.15) is 5.26 Å². The van der Waals surface area contributed by atoms with Gasteiger partial charge in [0.2, 0.25) is 5.91 Å². The van der Waals surface area contributed by atoms with Crippen LogP contribution in [0, 0.1) is 11.3 Å². The molecule has 3 N–H and O–H groups in total. The number of ether oxygens (including phenoxy) is 1. The smallest absolute Gasteiger partial charge is 0.220 e. The van der Waals surface area contributed by atoms with Gasteiger partial charge >= 0.3 is 0 Å². The second-order valence-corrected chi connectivity index (χ2v) is 5.24. The highest BCUT2D eigenvalue weighted by Gasteiger charge is 2.07. The summed E-state index contributed by atoms with van der Waals surface area (Å²) in [7, 11) is 0. The van der Waals surface area contributed by atoms with Gasteiger partial charge in [-0.15, -0.1) is 0 Å². The highest BCUT2D eigenvalue weighted by atomic mass is 16.5. The van der Waals surface area contributed by atoms with Gasteiger partial charge in [-0.3, -0.25) is 4.79 Å². The number of nitrogens with zero attached hydrogens (tertiary/aromatic N) is 1. The summed E-state index contributed by atoms with van der Waals surface area (Å²) < 4.78 is 5.51. The number of rotatable bonds is 9. The van der Waals surface area contributed by atoms with Crippen molar-refractivity contribution in [3.05, 3.63) is 36.0 Å². The maximum Gasteiger partial charge on any atom is 0.220 e. The van der Waals surface area contributed by atoms with Crippen molar-refractivity contribution < 1.29 is 14.6 Å². The van der Waals surface area contributed by atoms with Gasteiger partial charge in [0.05, 0.1) is 12.5 Å². The SMILES string of the molecule is CC(=O)N/C=C/c1ccc(OCC(O)CNC(C)CC#N)cc1. The zero-order valence-electron chi connectivity index (χ0n) is 13.5. The summed E-state index contributed by atoms with van der Waals surface area (Å²) in [6.07, 6.45) is 3.12. The van der Waals surface area contributed by atoms with Crippen LogP contribution >= 0.6 is 0 Å². The Morgan fingerprint density at radius 2 is 2.13 bits per heavy atom. The number of hydrogen-bond donors (Lipinski definition) is 3. The van der Waals surface area contributed by atoms with Crippen LogP contribution in [0.25, 0.3) is 6.08 Å². The number of nitriles is 1. The van der Waals surface area contributed by atoms with Crippen molar-refractivity contribution in [2.75, 3.05) is 13.2 Å². The van der Waals surface area contributed by atoms with Crippen molar-refractivity contribution in [3.63, 3.8) is 0 Å². The third-order valence-electron chi connectivity index (χ3n) is 2.98. The zero-order valence-corrected chi connectivity index (χ0v) is 13.5. The maximum absolute atomic E-state index is 10.7. The van der Waals surface area contributed by atoms with Gasteiger partial charge in [0.15, 0.2) is 0 Å². The molecule has 0 fully saturated rings. The molecule has 1 aromatic rings. The molecule has 23 heavy (non-hydrogen) atoms. The predicted molar refractivity (Wildman–Crippen MR) is 88.5 cm³/mol. The zero-order chi connectivity index (χ0) is 17.1. The van der Waals surface area contributed by atoms with E-state index in [2.05, 4.69) is 16.7 Å². The van der Waals surface area contributed by atoms with E-state index in [1.807, 2.05) is 19.1 Å². The highest BCUT2D eigenvalue weighted by molar-refractivity contribution is 5.74. The fourth-order valence-electron chi connectivity index (χ4n) is 1.73. The van der Waals surface area contributed by atoms with Crippen molar-refractivity contribution in [2.24, 2.45) is 0 Å². The van der Waals surface area contributed by atoms with Crippen LogP contribution in [-0.2, 0) is 4.79 Å². The van der Waals surface area contributed by atoms with E-state index in [4.69, 9.17) is 10.00 Å². The van der Waals surface area contributed by atoms with Crippen LogP contribution in [0.1, 0.15) is 25.8 Å². The first-order valence-electron chi connectivity index (χ1n) is 7.46. The highest BCUT2D eigenvalue weighted by Crippen LogP contribution is 2.13. The Kier molecular flexibility index (Phi) is 8.43. The molecule has 6 heteroatoms. The Bertz CT molecular complexity index is 549. The Labute approximate surface area is 136 Å². The second-order valence-electron chi connectivity index (χ2n) is 5.24. The maximum atomic E-state index is 10.7. The number of nitrogens with one attached hydrogen (secondary N) is 2. The third kappa shape index (κ3) is 8.61. The van der Waals surface area contributed by atoms with Crippen LogP contribution in [-0.4, -0.2) is 36.3 Å². The summed E-state index contributed by atoms with van der Waals surface area (Å²) in [5.74, 6) is 0.540. The summed E-state index contributed by atoms with van der Waals surface area (Å²) in [6.45, 7) is 3.89. The molecule has 2 unspecified atom stereocenters. The van der Waals surface area contributed by atoms with Crippen LogP contribution in [0.4, 0.5) is 0 Å². The molecule has 0 saturated heterocycles. The molecule has 0 aliphatic rings. The van der Waals surface area contributed by atoms with Crippen LogP contribution in [0.2, 0.25) is 0 Å². The number of aliphatic hydroxyl groups is 1. The Balaban J connectivity index is 2.33. The molecular formula is C17H23N3O3. The molecule has 0 spiro atoms. The van der Waals surface area contributed by atoms with Gasteiger partial charge < -0.3 is 20.5 Å². The quantitative estimate of drug-likeness (QED) is 0.640. The molecule has 0 aliphatic heterocycles. The number of carbonyl (C=O) groups excluding carboxylic acids is 1. The Hall–Kier alpha value is -2.36. The lowest BCUT2D eigenvalue weighted by molar-refractivity contribution is -0.118. The minimum absolute atomic E-state index is 0.0457. The van der Waals surface area contributed by atoms with E-state index in [0.29, 0.717) is 18.7 Å². The van der Waals surface area contributed by atoms with E-state index >= 15 is 0 Å². The van der Waals surface area contributed by atoms with Gasteiger partial charge in [-0.1, -0.05) is 12.1 Å². The minimum Gasteiger partial charge on any atom is -0.491 e. The lowest BCUT2D eigenvalue weighted by Crippen LogP contribution is -2.36. The standard InChI is InChI=1S/C17H23N3O3/c1-13(7-9-18)20-11-16(22)12-23-17-5-3-15(4-6-17)8-10-19-14(2)21/h3-6,8,10,13,16,20,22H,7,11-12H2,1-2H3,(H,19,21)/b10-8+. The van der Waals surface area contributed by atoms with Gasteiger partial charge in [-0.25, -0.2) is 0 Å². The van der Waals surface area contributed by atoms with Crippen molar-refractivity contribution >= 4 is 12.0 Å². The van der Waals surface area contributed by atoms with Crippen LogP contribution in [0.5, 0.6) is 5.75 Å². The Morgan fingerprint density at radius 3 is 2.74 bits per heavy atom. The van der Waals surface area contributed by atoms with Gasteiger partial charge in [0, 0.05) is 25.7 Å². The summed E-state index contributed by atoms with van der Waals surface area (Å²) in [4.78, 5) is 10.7. The largest absolute Gasteiger partial charge is 0.491 e. The number of hydrogen-bond acceptors (Lipinski definition) is 5. The van der Waals surface area contributed by atoms with Crippen molar-refractivity contribution in [3.8, 4) is 11.8 Å². The van der Waals surface area contributed by atoms with Gasteiger partial charge in [0.1, 0.15) is 18.5 Å². The molecule has 0 radical (unpaired) electrons. The van der Waals surface area contributed by atoms with E-state index in [-0.39, 0.29) is 18.6 Å². The fraction of sp³-hybridized carbons (Fsp3) is 0.412.